The van der Waals surface area contributed by atoms with Crippen molar-refractivity contribution in [3.63, 3.8) is 0 Å². The predicted octanol–water partition coefficient (Wildman–Crippen LogP) is 6.28. The van der Waals surface area contributed by atoms with Crippen LogP contribution in [0.15, 0.2) is 125 Å². The first-order valence-corrected chi connectivity index (χ1v) is 14.2. The van der Waals surface area contributed by atoms with Crippen LogP contribution in [-0.4, -0.2) is 26.5 Å². The summed E-state index contributed by atoms with van der Waals surface area (Å²) in [6.07, 6.45) is 1.41. The molecule has 0 saturated carbocycles. The molecule has 0 bridgehead atoms. The van der Waals surface area contributed by atoms with Crippen molar-refractivity contribution in [1.29, 1.82) is 0 Å². The van der Waals surface area contributed by atoms with Crippen LogP contribution in [0.4, 0.5) is 5.69 Å². The van der Waals surface area contributed by atoms with Gasteiger partial charge in [-0.25, -0.2) is 18.6 Å². The number of hydrogen-bond donors (Lipinski definition) is 2. The second-order valence-corrected chi connectivity index (χ2v) is 10.9. The van der Waals surface area contributed by atoms with E-state index in [1.54, 1.807) is 48.5 Å². The minimum absolute atomic E-state index is 0.128. The predicted molar refractivity (Wildman–Crippen MR) is 159 cm³/mol. The Bertz CT molecular complexity index is 1860. The maximum Gasteiger partial charge on any atom is 0.343 e. The molecule has 41 heavy (non-hydrogen) atoms. The third-order valence-corrected chi connectivity index (χ3v) is 7.67. The number of fused-ring (bicyclic) bond motifs is 1. The molecule has 5 rings (SSSR count). The average Bonchev–Trinajstić information content (AvgIpc) is 2.99. The number of carbonyl (C=O) groups is 2. The fourth-order valence-corrected chi connectivity index (χ4v) is 5.17. The second kappa shape index (κ2) is 12.0. The van der Waals surface area contributed by atoms with Gasteiger partial charge in [-0.2, -0.15) is 5.10 Å². The lowest BCUT2D eigenvalue weighted by atomic mass is 10.0. The molecule has 2 N–H and O–H groups in total. The van der Waals surface area contributed by atoms with Crippen molar-refractivity contribution in [3.8, 4) is 5.75 Å². The zero-order valence-electron chi connectivity index (χ0n) is 21.3. The first-order valence-electron chi connectivity index (χ1n) is 12.3. The fraction of sp³-hybridized carbons (Fsp3) is 0. The van der Waals surface area contributed by atoms with Gasteiger partial charge in [0, 0.05) is 21.8 Å². The van der Waals surface area contributed by atoms with E-state index < -0.39 is 21.9 Å². The number of halogens is 1. The van der Waals surface area contributed by atoms with Crippen LogP contribution < -0.4 is 14.9 Å². The summed E-state index contributed by atoms with van der Waals surface area (Å²) in [5.74, 6) is -0.825. The molecule has 0 fully saturated rings. The summed E-state index contributed by atoms with van der Waals surface area (Å²) in [5, 5.41) is 6.25. The van der Waals surface area contributed by atoms with Gasteiger partial charge in [-0.3, -0.25) is 9.52 Å². The van der Waals surface area contributed by atoms with Crippen molar-refractivity contribution in [2.45, 2.75) is 4.90 Å². The number of hydrazone groups is 1. The van der Waals surface area contributed by atoms with E-state index in [1.807, 2.05) is 30.3 Å². The smallest absolute Gasteiger partial charge is 0.343 e. The van der Waals surface area contributed by atoms with E-state index in [9.17, 15) is 18.0 Å². The minimum atomic E-state index is -3.76. The summed E-state index contributed by atoms with van der Waals surface area (Å²) in [5.41, 5.74) is 3.85. The van der Waals surface area contributed by atoms with Crippen LogP contribution in [-0.2, 0) is 10.0 Å². The van der Waals surface area contributed by atoms with Crippen LogP contribution >= 0.6 is 11.6 Å². The first kappa shape index (κ1) is 27.6. The van der Waals surface area contributed by atoms with Crippen LogP contribution in [0, 0.1) is 0 Å². The molecule has 0 atom stereocenters. The van der Waals surface area contributed by atoms with Gasteiger partial charge in [-0.05, 0) is 77.5 Å². The van der Waals surface area contributed by atoms with E-state index in [0.717, 1.165) is 10.8 Å². The Kier molecular flexibility index (Phi) is 8.09. The van der Waals surface area contributed by atoms with Gasteiger partial charge in [0.15, 0.2) is 0 Å². The van der Waals surface area contributed by atoms with Crippen LogP contribution in [0.1, 0.15) is 26.3 Å². The monoisotopic (exact) mass is 583 g/mol. The van der Waals surface area contributed by atoms with E-state index in [-0.39, 0.29) is 16.2 Å². The van der Waals surface area contributed by atoms with Gasteiger partial charge in [0.2, 0.25) is 0 Å². The van der Waals surface area contributed by atoms with E-state index >= 15 is 0 Å². The average molecular weight is 584 g/mol. The summed E-state index contributed by atoms with van der Waals surface area (Å²) < 4.78 is 33.2. The highest BCUT2D eigenvalue weighted by Gasteiger charge is 2.15. The Morgan fingerprint density at radius 3 is 2.15 bits per heavy atom. The molecule has 0 aliphatic rings. The molecule has 204 valence electrons. The molecule has 0 aromatic heterocycles. The summed E-state index contributed by atoms with van der Waals surface area (Å²) in [7, 11) is -3.76. The number of amides is 1. The SMILES string of the molecule is O=C(N/N=C\c1c(OC(=O)c2ccc(Cl)cc2)ccc2ccccc12)c1ccc(NS(=O)(=O)c2ccccc2)cc1. The standard InChI is InChI=1S/C31H22ClN3O5S/c32-24-15-10-23(11-16-24)31(37)40-29-19-14-21-6-4-5-9-27(21)28(29)20-33-34-30(36)22-12-17-25(18-13-22)35-41(38,39)26-7-2-1-3-8-26/h1-20,35H,(H,34,36)/b33-20-. The lowest BCUT2D eigenvalue weighted by Crippen LogP contribution is -2.18. The number of rotatable bonds is 8. The molecule has 0 unspecified atom stereocenters. The zero-order chi connectivity index (χ0) is 28.8. The number of nitrogens with one attached hydrogen (secondary N) is 2. The number of hydrogen-bond acceptors (Lipinski definition) is 6. The number of esters is 1. The van der Waals surface area contributed by atoms with Crippen molar-refractivity contribution < 1.29 is 22.7 Å². The Labute approximate surface area is 241 Å². The van der Waals surface area contributed by atoms with Gasteiger partial charge in [-0.1, -0.05) is 60.1 Å². The van der Waals surface area contributed by atoms with Crippen LogP contribution in [0.25, 0.3) is 10.8 Å². The van der Waals surface area contributed by atoms with Gasteiger partial charge < -0.3 is 4.74 Å². The summed E-state index contributed by atoms with van der Waals surface area (Å²) >= 11 is 5.92. The zero-order valence-corrected chi connectivity index (χ0v) is 22.9. The molecule has 5 aromatic rings. The molecular weight excluding hydrogens is 562 g/mol. The van der Waals surface area contributed by atoms with Crippen LogP contribution in [0.2, 0.25) is 5.02 Å². The highest BCUT2D eigenvalue weighted by molar-refractivity contribution is 7.92. The van der Waals surface area contributed by atoms with Crippen molar-refractivity contribution in [1.82, 2.24) is 5.43 Å². The third kappa shape index (κ3) is 6.60. The maximum atomic E-state index is 12.8. The van der Waals surface area contributed by atoms with E-state index in [1.165, 1.54) is 42.6 Å². The minimum Gasteiger partial charge on any atom is -0.422 e. The highest BCUT2D eigenvalue weighted by atomic mass is 35.5. The molecule has 5 aromatic carbocycles. The second-order valence-electron chi connectivity index (χ2n) is 8.79. The largest absolute Gasteiger partial charge is 0.422 e. The van der Waals surface area contributed by atoms with Gasteiger partial charge in [-0.15, -0.1) is 0 Å². The van der Waals surface area contributed by atoms with E-state index in [2.05, 4.69) is 15.2 Å². The third-order valence-electron chi connectivity index (χ3n) is 6.03. The molecule has 0 aliphatic heterocycles. The summed E-state index contributed by atoms with van der Waals surface area (Å²) in [4.78, 5) is 25.6. The fourth-order valence-electron chi connectivity index (χ4n) is 3.97. The van der Waals surface area contributed by atoms with Crippen molar-refractivity contribution in [2.24, 2.45) is 5.10 Å². The van der Waals surface area contributed by atoms with E-state index in [0.29, 0.717) is 21.8 Å². The van der Waals surface area contributed by atoms with Gasteiger partial charge >= 0.3 is 5.97 Å². The highest BCUT2D eigenvalue weighted by Crippen LogP contribution is 2.27. The number of carbonyl (C=O) groups excluding carboxylic acids is 2. The Balaban J connectivity index is 1.31. The molecule has 0 spiro atoms. The molecule has 0 aliphatic carbocycles. The van der Waals surface area contributed by atoms with E-state index in [4.69, 9.17) is 16.3 Å². The van der Waals surface area contributed by atoms with Gasteiger partial charge in [0.05, 0.1) is 16.7 Å². The lowest BCUT2D eigenvalue weighted by molar-refractivity contribution is 0.0734. The maximum absolute atomic E-state index is 12.8. The molecular formula is C31H22ClN3O5S. The van der Waals surface area contributed by atoms with Crippen molar-refractivity contribution >= 4 is 56.2 Å². The summed E-state index contributed by atoms with van der Waals surface area (Å²) in [6.45, 7) is 0. The topological polar surface area (TPSA) is 114 Å². The molecule has 0 heterocycles. The number of anilines is 1. The number of ether oxygens (including phenoxy) is 1. The number of sulfonamides is 1. The van der Waals surface area contributed by atoms with Crippen molar-refractivity contribution in [3.05, 3.63) is 137 Å². The summed E-state index contributed by atoms with van der Waals surface area (Å²) in [6, 6.07) is 31.2. The quantitative estimate of drug-likeness (QED) is 0.0966. The van der Waals surface area contributed by atoms with Crippen LogP contribution in [0.5, 0.6) is 5.75 Å². The Morgan fingerprint density at radius 1 is 0.756 bits per heavy atom. The first-order chi connectivity index (χ1) is 19.8. The molecule has 1 amide bonds. The number of benzene rings is 5. The Morgan fingerprint density at radius 2 is 1.41 bits per heavy atom. The lowest BCUT2D eigenvalue weighted by Gasteiger charge is -2.11. The van der Waals surface area contributed by atoms with Gasteiger partial charge in [0.1, 0.15) is 5.75 Å². The van der Waals surface area contributed by atoms with Crippen LogP contribution in [0.3, 0.4) is 0 Å². The molecule has 0 radical (unpaired) electrons. The molecule has 8 nitrogen and oxygen atoms in total. The Hall–Kier alpha value is -4.99. The normalized spacial score (nSPS) is 11.3. The molecule has 10 heteroatoms. The van der Waals surface area contributed by atoms with Crippen molar-refractivity contribution in [2.75, 3.05) is 4.72 Å². The number of nitrogens with zero attached hydrogens (tertiary/aromatic N) is 1. The molecule has 0 saturated heterocycles. The van der Waals surface area contributed by atoms with Gasteiger partial charge in [0.25, 0.3) is 15.9 Å².